The third-order valence-corrected chi connectivity index (χ3v) is 2.50. The molecule has 0 aromatic heterocycles. The van der Waals surface area contributed by atoms with E-state index in [0.29, 0.717) is 16.9 Å². The van der Waals surface area contributed by atoms with E-state index < -0.39 is 0 Å². The van der Waals surface area contributed by atoms with Crippen molar-refractivity contribution in [1.29, 1.82) is 5.26 Å². The Bertz CT molecular complexity index is 728. The molecule has 0 saturated heterocycles. The fourth-order valence-corrected chi connectivity index (χ4v) is 1.60. The van der Waals surface area contributed by atoms with Gasteiger partial charge in [-0.2, -0.15) is 5.26 Å². The van der Waals surface area contributed by atoms with E-state index in [1.165, 1.54) is 6.92 Å². The summed E-state index contributed by atoms with van der Waals surface area (Å²) < 4.78 is 4.94. The lowest BCUT2D eigenvalue weighted by Gasteiger charge is -1.99. The molecule has 0 fully saturated rings. The van der Waals surface area contributed by atoms with Gasteiger partial charge in [0.25, 0.3) is 0 Å². The summed E-state index contributed by atoms with van der Waals surface area (Å²) in [4.78, 5) is 10.8. The Morgan fingerprint density at radius 3 is 2.25 bits per heavy atom. The van der Waals surface area contributed by atoms with Crippen LogP contribution in [-0.2, 0) is 4.79 Å². The van der Waals surface area contributed by atoms with E-state index in [1.807, 2.05) is 6.07 Å². The first-order valence-electron chi connectivity index (χ1n) is 5.98. The molecule has 20 heavy (non-hydrogen) atoms. The van der Waals surface area contributed by atoms with Crippen LogP contribution in [0.3, 0.4) is 0 Å². The van der Waals surface area contributed by atoms with Crippen molar-refractivity contribution < 1.29 is 9.53 Å². The number of hydrogen-bond donors (Lipinski definition) is 0. The molecule has 0 unspecified atom stereocenters. The van der Waals surface area contributed by atoms with Gasteiger partial charge in [0.2, 0.25) is 0 Å². The normalized spacial score (nSPS) is 9.00. The first-order valence-corrected chi connectivity index (χ1v) is 5.98. The van der Waals surface area contributed by atoms with Crippen LogP contribution in [0.4, 0.5) is 0 Å². The van der Waals surface area contributed by atoms with Crippen molar-refractivity contribution in [1.82, 2.24) is 0 Å². The summed E-state index contributed by atoms with van der Waals surface area (Å²) >= 11 is 0. The van der Waals surface area contributed by atoms with Gasteiger partial charge in [0.15, 0.2) is 0 Å². The largest absolute Gasteiger partial charge is 0.427 e. The van der Waals surface area contributed by atoms with Gasteiger partial charge in [-0.25, -0.2) is 0 Å². The molecule has 0 heterocycles. The minimum absolute atomic E-state index is 0.355. The van der Waals surface area contributed by atoms with Gasteiger partial charge < -0.3 is 4.74 Å². The van der Waals surface area contributed by atoms with Gasteiger partial charge in [-0.05, 0) is 36.4 Å². The lowest BCUT2D eigenvalue weighted by Crippen LogP contribution is -2.00. The number of ether oxygens (including phenoxy) is 1. The molecule has 2 aromatic carbocycles. The second kappa shape index (κ2) is 6.22. The second-order valence-corrected chi connectivity index (χ2v) is 4.03. The fraction of sp³-hybridized carbons (Fsp3) is 0.0588. The van der Waals surface area contributed by atoms with Crippen molar-refractivity contribution in [2.75, 3.05) is 0 Å². The maximum absolute atomic E-state index is 10.8. The summed E-state index contributed by atoms with van der Waals surface area (Å²) in [5, 5.41) is 8.97. The molecule has 0 radical (unpaired) electrons. The van der Waals surface area contributed by atoms with Crippen LogP contribution in [0, 0.1) is 23.2 Å². The van der Waals surface area contributed by atoms with Gasteiger partial charge in [-0.1, -0.05) is 24.0 Å². The SMILES string of the molecule is CC(=O)Oc1ccc(C#Cc2ccccc2C#N)cc1. The molecule has 0 saturated carbocycles. The molecule has 0 atom stereocenters. The Kier molecular flexibility index (Phi) is 4.17. The van der Waals surface area contributed by atoms with E-state index in [0.717, 1.165) is 5.56 Å². The van der Waals surface area contributed by atoms with E-state index in [2.05, 4.69) is 17.9 Å². The van der Waals surface area contributed by atoms with Crippen molar-refractivity contribution in [2.45, 2.75) is 6.92 Å². The molecule has 2 aromatic rings. The van der Waals surface area contributed by atoms with Gasteiger partial charge in [-0.15, -0.1) is 0 Å². The van der Waals surface area contributed by atoms with E-state index in [-0.39, 0.29) is 5.97 Å². The standard InChI is InChI=1S/C17H11NO2/c1-13(19)20-17-10-7-14(8-11-17)6-9-15-4-2-3-5-16(15)12-18/h2-5,7-8,10-11H,1H3. The van der Waals surface area contributed by atoms with Gasteiger partial charge in [0.1, 0.15) is 11.8 Å². The van der Waals surface area contributed by atoms with Crippen LogP contribution in [0.2, 0.25) is 0 Å². The number of esters is 1. The zero-order valence-corrected chi connectivity index (χ0v) is 10.9. The minimum atomic E-state index is -0.355. The van der Waals surface area contributed by atoms with Gasteiger partial charge in [-0.3, -0.25) is 4.79 Å². The Labute approximate surface area is 117 Å². The molecule has 0 aliphatic carbocycles. The summed E-state index contributed by atoms with van der Waals surface area (Å²) in [7, 11) is 0. The van der Waals surface area contributed by atoms with Crippen LogP contribution in [0.1, 0.15) is 23.6 Å². The van der Waals surface area contributed by atoms with Crippen molar-refractivity contribution in [2.24, 2.45) is 0 Å². The highest BCUT2D eigenvalue weighted by Crippen LogP contribution is 2.12. The maximum atomic E-state index is 10.8. The predicted octanol–water partition coefficient (Wildman–Crippen LogP) is 2.88. The highest BCUT2D eigenvalue weighted by atomic mass is 16.5. The van der Waals surface area contributed by atoms with Gasteiger partial charge >= 0.3 is 5.97 Å². The molecule has 3 nitrogen and oxygen atoms in total. The summed E-state index contributed by atoms with van der Waals surface area (Å²) in [5.74, 6) is 6.07. The van der Waals surface area contributed by atoms with Crippen LogP contribution >= 0.6 is 0 Å². The summed E-state index contributed by atoms with van der Waals surface area (Å²) in [6, 6.07) is 16.2. The van der Waals surface area contributed by atoms with Crippen LogP contribution < -0.4 is 4.74 Å². The molecule has 96 valence electrons. The van der Waals surface area contributed by atoms with Crippen LogP contribution in [0.25, 0.3) is 0 Å². The molecule has 0 spiro atoms. The lowest BCUT2D eigenvalue weighted by atomic mass is 10.1. The zero-order chi connectivity index (χ0) is 14.4. The second-order valence-electron chi connectivity index (χ2n) is 4.03. The van der Waals surface area contributed by atoms with Crippen molar-refractivity contribution >= 4 is 5.97 Å². The average molecular weight is 261 g/mol. The number of hydrogen-bond acceptors (Lipinski definition) is 3. The predicted molar refractivity (Wildman–Crippen MR) is 74.9 cm³/mol. The highest BCUT2D eigenvalue weighted by Gasteiger charge is 1.98. The van der Waals surface area contributed by atoms with Gasteiger partial charge in [0, 0.05) is 18.1 Å². The molecule has 0 amide bonds. The number of nitrogens with zero attached hydrogens (tertiary/aromatic N) is 1. The number of carbonyl (C=O) groups excluding carboxylic acids is 1. The molecule has 2 rings (SSSR count). The van der Waals surface area contributed by atoms with Crippen LogP contribution in [-0.4, -0.2) is 5.97 Å². The fourth-order valence-electron chi connectivity index (χ4n) is 1.60. The molecule has 0 bridgehead atoms. The molecule has 3 heteroatoms. The zero-order valence-electron chi connectivity index (χ0n) is 10.9. The van der Waals surface area contributed by atoms with E-state index in [1.54, 1.807) is 42.5 Å². The monoisotopic (exact) mass is 261 g/mol. The molecule has 0 N–H and O–H groups in total. The summed E-state index contributed by atoms with van der Waals surface area (Å²) in [6.07, 6.45) is 0. The first-order chi connectivity index (χ1) is 9.69. The smallest absolute Gasteiger partial charge is 0.308 e. The molecule has 0 aliphatic rings. The van der Waals surface area contributed by atoms with Gasteiger partial charge in [0.05, 0.1) is 5.56 Å². The van der Waals surface area contributed by atoms with Crippen LogP contribution in [0.15, 0.2) is 48.5 Å². The Balaban J connectivity index is 2.21. The number of benzene rings is 2. The summed E-state index contributed by atoms with van der Waals surface area (Å²) in [6.45, 7) is 1.35. The number of nitriles is 1. The van der Waals surface area contributed by atoms with E-state index >= 15 is 0 Å². The summed E-state index contributed by atoms with van der Waals surface area (Å²) in [5.41, 5.74) is 2.03. The van der Waals surface area contributed by atoms with Crippen molar-refractivity contribution in [3.05, 3.63) is 65.2 Å². The Morgan fingerprint density at radius 2 is 1.65 bits per heavy atom. The van der Waals surface area contributed by atoms with Crippen molar-refractivity contribution in [3.63, 3.8) is 0 Å². The highest BCUT2D eigenvalue weighted by molar-refractivity contribution is 5.69. The topological polar surface area (TPSA) is 50.1 Å². The Morgan fingerprint density at radius 1 is 1.00 bits per heavy atom. The quantitative estimate of drug-likeness (QED) is 0.450. The number of carbonyl (C=O) groups is 1. The molecule has 0 aliphatic heterocycles. The average Bonchev–Trinajstić information content (AvgIpc) is 2.46. The van der Waals surface area contributed by atoms with Crippen molar-refractivity contribution in [3.8, 4) is 23.7 Å². The minimum Gasteiger partial charge on any atom is -0.427 e. The molecular formula is C17H11NO2. The Hall–Kier alpha value is -3.04. The molecular weight excluding hydrogens is 250 g/mol. The third-order valence-electron chi connectivity index (χ3n) is 2.50. The lowest BCUT2D eigenvalue weighted by molar-refractivity contribution is -0.131. The van der Waals surface area contributed by atoms with E-state index in [4.69, 9.17) is 10.00 Å². The van der Waals surface area contributed by atoms with Crippen LogP contribution in [0.5, 0.6) is 5.75 Å². The number of rotatable bonds is 1. The first kappa shape index (κ1) is 13.4. The van der Waals surface area contributed by atoms with E-state index in [9.17, 15) is 4.79 Å². The maximum Gasteiger partial charge on any atom is 0.308 e. The third kappa shape index (κ3) is 3.48.